The van der Waals surface area contributed by atoms with Crippen LogP contribution in [-0.4, -0.2) is 36.2 Å². The van der Waals surface area contributed by atoms with E-state index in [2.05, 4.69) is 15.5 Å². The third-order valence-electron chi connectivity index (χ3n) is 4.42. The molecule has 168 valence electrons. The van der Waals surface area contributed by atoms with Gasteiger partial charge in [0.25, 0.3) is 5.89 Å². The number of methoxy groups -OCH3 is 2. The van der Waals surface area contributed by atoms with Crippen molar-refractivity contribution in [3.63, 3.8) is 0 Å². The lowest BCUT2D eigenvalue weighted by Gasteiger charge is -2.16. The standard InChI is InChI=1S/C22H22FN3O6/c1-12(2)20(27)24-16-10-18(30-4)17(29-3)9-15(16)22(28)31-11-19-25-21(32-26-19)13-5-7-14(23)8-6-13/h5-10,12H,11H2,1-4H3,(H,24,27). The Hall–Kier alpha value is -3.95. The lowest BCUT2D eigenvalue weighted by molar-refractivity contribution is -0.118. The third kappa shape index (κ3) is 5.20. The van der Waals surface area contributed by atoms with E-state index in [1.165, 1.54) is 50.6 Å². The van der Waals surface area contributed by atoms with Crippen molar-refractivity contribution >= 4 is 17.6 Å². The summed E-state index contributed by atoms with van der Waals surface area (Å²) in [4.78, 5) is 29.1. The predicted molar refractivity (Wildman–Crippen MR) is 112 cm³/mol. The first-order valence-electron chi connectivity index (χ1n) is 9.65. The maximum Gasteiger partial charge on any atom is 0.340 e. The van der Waals surface area contributed by atoms with Gasteiger partial charge in [-0.1, -0.05) is 19.0 Å². The Kier molecular flexibility index (Phi) is 7.04. The first-order chi connectivity index (χ1) is 15.3. The number of rotatable bonds is 8. The number of anilines is 1. The molecule has 0 saturated heterocycles. The summed E-state index contributed by atoms with van der Waals surface area (Å²) in [6.45, 7) is 3.17. The molecular weight excluding hydrogens is 421 g/mol. The van der Waals surface area contributed by atoms with Crippen LogP contribution in [0, 0.1) is 11.7 Å². The van der Waals surface area contributed by atoms with E-state index in [0.717, 1.165) is 0 Å². The van der Waals surface area contributed by atoms with E-state index in [1.54, 1.807) is 13.8 Å². The van der Waals surface area contributed by atoms with E-state index < -0.39 is 11.8 Å². The van der Waals surface area contributed by atoms with Gasteiger partial charge in [-0.3, -0.25) is 4.79 Å². The average molecular weight is 443 g/mol. The van der Waals surface area contributed by atoms with Gasteiger partial charge in [0.2, 0.25) is 11.7 Å². The summed E-state index contributed by atoms with van der Waals surface area (Å²) in [6.07, 6.45) is 0. The van der Waals surface area contributed by atoms with Crippen LogP contribution in [-0.2, 0) is 16.1 Å². The molecule has 0 bridgehead atoms. The molecule has 1 amide bonds. The van der Waals surface area contributed by atoms with Crippen molar-refractivity contribution in [3.05, 3.63) is 53.6 Å². The van der Waals surface area contributed by atoms with E-state index >= 15 is 0 Å². The Morgan fingerprint density at radius 3 is 2.38 bits per heavy atom. The largest absolute Gasteiger partial charge is 0.493 e. The molecule has 10 heteroatoms. The number of nitrogens with one attached hydrogen (secondary N) is 1. The molecule has 1 N–H and O–H groups in total. The van der Waals surface area contributed by atoms with E-state index in [-0.39, 0.29) is 41.4 Å². The van der Waals surface area contributed by atoms with Gasteiger partial charge in [0.05, 0.1) is 25.5 Å². The molecule has 0 fully saturated rings. The van der Waals surface area contributed by atoms with Crippen molar-refractivity contribution in [2.45, 2.75) is 20.5 Å². The lowest BCUT2D eigenvalue weighted by atomic mass is 10.1. The highest BCUT2D eigenvalue weighted by molar-refractivity contribution is 6.02. The van der Waals surface area contributed by atoms with Crippen molar-refractivity contribution in [2.24, 2.45) is 5.92 Å². The van der Waals surface area contributed by atoms with Gasteiger partial charge in [-0.15, -0.1) is 0 Å². The van der Waals surface area contributed by atoms with Gasteiger partial charge in [-0.05, 0) is 24.3 Å². The number of hydrogen-bond donors (Lipinski definition) is 1. The van der Waals surface area contributed by atoms with Crippen LogP contribution >= 0.6 is 0 Å². The van der Waals surface area contributed by atoms with Crippen molar-refractivity contribution in [3.8, 4) is 23.0 Å². The van der Waals surface area contributed by atoms with Gasteiger partial charge in [0, 0.05) is 23.6 Å². The second-order valence-corrected chi connectivity index (χ2v) is 7.00. The zero-order valence-electron chi connectivity index (χ0n) is 18.0. The third-order valence-corrected chi connectivity index (χ3v) is 4.42. The molecule has 0 atom stereocenters. The smallest absolute Gasteiger partial charge is 0.340 e. The summed E-state index contributed by atoms with van der Waals surface area (Å²) in [7, 11) is 2.87. The summed E-state index contributed by atoms with van der Waals surface area (Å²) < 4.78 is 34.0. The van der Waals surface area contributed by atoms with Crippen LogP contribution in [0.15, 0.2) is 40.9 Å². The van der Waals surface area contributed by atoms with Crippen LogP contribution in [0.3, 0.4) is 0 Å². The van der Waals surface area contributed by atoms with E-state index in [9.17, 15) is 14.0 Å². The summed E-state index contributed by atoms with van der Waals surface area (Å²) in [5.41, 5.74) is 0.806. The van der Waals surface area contributed by atoms with E-state index in [4.69, 9.17) is 18.7 Å². The number of esters is 1. The van der Waals surface area contributed by atoms with Crippen molar-refractivity contribution < 1.29 is 32.7 Å². The molecule has 1 aromatic heterocycles. The fourth-order valence-corrected chi connectivity index (χ4v) is 2.66. The second kappa shape index (κ2) is 9.90. The Balaban J connectivity index is 1.79. The van der Waals surface area contributed by atoms with Gasteiger partial charge in [-0.25, -0.2) is 9.18 Å². The van der Waals surface area contributed by atoms with Crippen LogP contribution in [0.5, 0.6) is 11.5 Å². The summed E-state index contributed by atoms with van der Waals surface area (Å²) in [6, 6.07) is 8.42. The molecular formula is C22H22FN3O6. The highest BCUT2D eigenvalue weighted by atomic mass is 19.1. The normalized spacial score (nSPS) is 10.7. The monoisotopic (exact) mass is 443 g/mol. The molecule has 0 aliphatic heterocycles. The predicted octanol–water partition coefficient (Wildman–Crippen LogP) is 3.84. The van der Waals surface area contributed by atoms with Gasteiger partial charge < -0.3 is 24.1 Å². The number of hydrogen-bond acceptors (Lipinski definition) is 8. The Morgan fingerprint density at radius 1 is 1.09 bits per heavy atom. The van der Waals surface area contributed by atoms with E-state index in [1.807, 2.05) is 0 Å². The van der Waals surface area contributed by atoms with Gasteiger partial charge in [0.1, 0.15) is 5.82 Å². The minimum absolute atomic E-state index is 0.0684. The lowest BCUT2D eigenvalue weighted by Crippen LogP contribution is -2.20. The topological polar surface area (TPSA) is 113 Å². The maximum atomic E-state index is 13.1. The highest BCUT2D eigenvalue weighted by Crippen LogP contribution is 2.34. The number of carbonyl (C=O) groups is 2. The molecule has 0 unspecified atom stereocenters. The molecule has 3 aromatic rings. The van der Waals surface area contributed by atoms with Crippen LogP contribution < -0.4 is 14.8 Å². The summed E-state index contributed by atoms with van der Waals surface area (Å²) in [5, 5.41) is 6.45. The summed E-state index contributed by atoms with van der Waals surface area (Å²) in [5.74, 6) is -0.816. The summed E-state index contributed by atoms with van der Waals surface area (Å²) >= 11 is 0. The maximum absolute atomic E-state index is 13.1. The number of halogens is 1. The first-order valence-corrected chi connectivity index (χ1v) is 9.65. The zero-order chi connectivity index (χ0) is 23.3. The van der Waals surface area contributed by atoms with E-state index in [0.29, 0.717) is 17.1 Å². The fourth-order valence-electron chi connectivity index (χ4n) is 2.66. The quantitative estimate of drug-likeness (QED) is 0.523. The first kappa shape index (κ1) is 22.7. The fraction of sp³-hybridized carbons (Fsp3) is 0.273. The van der Waals surface area contributed by atoms with Crippen LogP contribution in [0.4, 0.5) is 10.1 Å². The minimum Gasteiger partial charge on any atom is -0.493 e. The molecule has 0 radical (unpaired) electrons. The Morgan fingerprint density at radius 2 is 1.75 bits per heavy atom. The molecule has 1 heterocycles. The van der Waals surface area contributed by atoms with Crippen LogP contribution in [0.1, 0.15) is 30.0 Å². The van der Waals surface area contributed by atoms with Crippen LogP contribution in [0.25, 0.3) is 11.5 Å². The van der Waals surface area contributed by atoms with Gasteiger partial charge in [0.15, 0.2) is 18.1 Å². The SMILES string of the molecule is COc1cc(NC(=O)C(C)C)c(C(=O)OCc2noc(-c3ccc(F)cc3)n2)cc1OC. The molecule has 2 aromatic carbocycles. The highest BCUT2D eigenvalue weighted by Gasteiger charge is 2.21. The number of benzene rings is 2. The number of nitrogens with zero attached hydrogens (tertiary/aromatic N) is 2. The van der Waals surface area contributed by atoms with Crippen molar-refractivity contribution in [2.75, 3.05) is 19.5 Å². The number of ether oxygens (including phenoxy) is 3. The van der Waals surface area contributed by atoms with Crippen LogP contribution in [0.2, 0.25) is 0 Å². The Bertz CT molecular complexity index is 1110. The molecule has 3 rings (SSSR count). The zero-order valence-corrected chi connectivity index (χ0v) is 18.0. The van der Waals surface area contributed by atoms with Gasteiger partial charge >= 0.3 is 5.97 Å². The second-order valence-electron chi connectivity index (χ2n) is 7.00. The Labute approximate surface area is 183 Å². The molecule has 0 saturated carbocycles. The van der Waals surface area contributed by atoms with Crippen molar-refractivity contribution in [1.29, 1.82) is 0 Å². The number of aromatic nitrogens is 2. The molecule has 0 aliphatic carbocycles. The molecule has 9 nitrogen and oxygen atoms in total. The average Bonchev–Trinajstić information content (AvgIpc) is 3.26. The number of carbonyl (C=O) groups excluding carboxylic acids is 2. The number of amides is 1. The molecule has 32 heavy (non-hydrogen) atoms. The van der Waals surface area contributed by atoms with Gasteiger partial charge in [-0.2, -0.15) is 4.98 Å². The minimum atomic E-state index is -0.738. The molecule has 0 aliphatic rings. The molecule has 0 spiro atoms. The van der Waals surface area contributed by atoms with Crippen molar-refractivity contribution in [1.82, 2.24) is 10.1 Å².